The van der Waals surface area contributed by atoms with Crippen LogP contribution in [0.1, 0.15) is 15.9 Å². The van der Waals surface area contributed by atoms with Crippen LogP contribution in [0.25, 0.3) is 0 Å². The first-order valence-electron chi connectivity index (χ1n) is 5.45. The van der Waals surface area contributed by atoms with E-state index in [1.807, 2.05) is 30.3 Å². The Labute approximate surface area is 120 Å². The maximum absolute atomic E-state index is 10.7. The van der Waals surface area contributed by atoms with Crippen LogP contribution in [0.4, 0.5) is 0 Å². The number of aromatic carboxylic acids is 1. The topological polar surface area (TPSA) is 49.4 Å². The van der Waals surface area contributed by atoms with Gasteiger partial charge in [-0.1, -0.05) is 53.5 Å². The Bertz CT molecular complexity index is 574. The lowest BCUT2D eigenvalue weighted by atomic mass is 10.2. The van der Waals surface area contributed by atoms with Crippen molar-refractivity contribution < 1.29 is 14.6 Å². The largest absolute Gasteiger partial charge is 0.545 e. The summed E-state index contributed by atoms with van der Waals surface area (Å²) in [7, 11) is 0. The summed E-state index contributed by atoms with van der Waals surface area (Å²) in [4.78, 5) is 10.7. The van der Waals surface area contributed by atoms with Crippen molar-refractivity contribution in [1.82, 2.24) is 0 Å². The molecule has 0 unspecified atom stereocenters. The van der Waals surface area contributed by atoms with Gasteiger partial charge in [-0.05, 0) is 17.7 Å². The molecule has 0 saturated heterocycles. The third-order valence-electron chi connectivity index (χ3n) is 2.46. The maximum atomic E-state index is 10.7. The number of hydrogen-bond acceptors (Lipinski definition) is 3. The molecular weight excluding hydrogens is 287 g/mol. The van der Waals surface area contributed by atoms with E-state index in [1.54, 1.807) is 0 Å². The Morgan fingerprint density at radius 3 is 2.21 bits per heavy atom. The summed E-state index contributed by atoms with van der Waals surface area (Å²) in [5.41, 5.74) is 0.876. The summed E-state index contributed by atoms with van der Waals surface area (Å²) in [6.45, 7) is 0.297. The Morgan fingerprint density at radius 2 is 1.68 bits per heavy atom. The normalized spacial score (nSPS) is 10.2. The van der Waals surface area contributed by atoms with E-state index in [0.717, 1.165) is 5.56 Å². The van der Waals surface area contributed by atoms with Crippen LogP contribution in [0.5, 0.6) is 5.75 Å². The Hall–Kier alpha value is -1.71. The zero-order valence-electron chi connectivity index (χ0n) is 9.73. The predicted octanol–water partition coefficient (Wildman–Crippen LogP) is 2.94. The van der Waals surface area contributed by atoms with Crippen LogP contribution in [0.15, 0.2) is 42.5 Å². The van der Waals surface area contributed by atoms with Gasteiger partial charge in [0, 0.05) is 5.56 Å². The second-order valence-electron chi connectivity index (χ2n) is 3.83. The SMILES string of the molecule is O=C([O-])c1cc(Cl)c(OCc2ccccc2)c(Cl)c1. The highest BCUT2D eigenvalue weighted by Crippen LogP contribution is 2.34. The molecule has 0 bridgehead atoms. The number of ether oxygens (including phenoxy) is 1. The quantitative estimate of drug-likeness (QED) is 0.871. The fourth-order valence-corrected chi connectivity index (χ4v) is 2.14. The monoisotopic (exact) mass is 295 g/mol. The highest BCUT2D eigenvalue weighted by atomic mass is 35.5. The van der Waals surface area contributed by atoms with Gasteiger partial charge >= 0.3 is 0 Å². The fraction of sp³-hybridized carbons (Fsp3) is 0.0714. The molecule has 2 aromatic carbocycles. The van der Waals surface area contributed by atoms with Gasteiger partial charge in [-0.2, -0.15) is 0 Å². The van der Waals surface area contributed by atoms with Crippen LogP contribution in [0.3, 0.4) is 0 Å². The van der Waals surface area contributed by atoms with Gasteiger partial charge in [0.2, 0.25) is 0 Å². The minimum atomic E-state index is -1.33. The molecule has 0 aliphatic rings. The van der Waals surface area contributed by atoms with E-state index < -0.39 is 5.97 Å². The third kappa shape index (κ3) is 3.40. The minimum Gasteiger partial charge on any atom is -0.545 e. The van der Waals surface area contributed by atoms with E-state index in [1.165, 1.54) is 12.1 Å². The average Bonchev–Trinajstić information content (AvgIpc) is 2.38. The summed E-state index contributed by atoms with van der Waals surface area (Å²) in [6.07, 6.45) is 0. The summed E-state index contributed by atoms with van der Waals surface area (Å²) in [5, 5.41) is 11.0. The summed E-state index contributed by atoms with van der Waals surface area (Å²) >= 11 is 11.9. The van der Waals surface area contributed by atoms with E-state index in [-0.39, 0.29) is 21.4 Å². The van der Waals surface area contributed by atoms with Gasteiger partial charge < -0.3 is 14.6 Å². The first-order chi connectivity index (χ1) is 9.08. The number of halogens is 2. The second kappa shape index (κ2) is 5.95. The van der Waals surface area contributed by atoms with Crippen LogP contribution in [-0.4, -0.2) is 5.97 Å². The highest BCUT2D eigenvalue weighted by molar-refractivity contribution is 6.37. The van der Waals surface area contributed by atoms with Crippen LogP contribution in [-0.2, 0) is 6.61 Å². The third-order valence-corrected chi connectivity index (χ3v) is 3.02. The molecule has 0 heterocycles. The smallest absolute Gasteiger partial charge is 0.157 e. The van der Waals surface area contributed by atoms with Crippen molar-refractivity contribution >= 4 is 29.2 Å². The second-order valence-corrected chi connectivity index (χ2v) is 4.65. The molecule has 0 aromatic heterocycles. The molecule has 5 heteroatoms. The lowest BCUT2D eigenvalue weighted by Gasteiger charge is -2.12. The van der Waals surface area contributed by atoms with Gasteiger partial charge in [0.15, 0.2) is 5.75 Å². The van der Waals surface area contributed by atoms with Crippen molar-refractivity contribution in [3.05, 3.63) is 63.6 Å². The lowest BCUT2D eigenvalue weighted by Crippen LogP contribution is -2.22. The van der Waals surface area contributed by atoms with Gasteiger partial charge in [0.25, 0.3) is 0 Å². The van der Waals surface area contributed by atoms with Gasteiger partial charge in [0.05, 0.1) is 16.0 Å². The average molecular weight is 296 g/mol. The number of rotatable bonds is 4. The van der Waals surface area contributed by atoms with Gasteiger partial charge in [-0.15, -0.1) is 0 Å². The summed E-state index contributed by atoms with van der Waals surface area (Å²) in [5.74, 6) is -1.07. The lowest BCUT2D eigenvalue weighted by molar-refractivity contribution is -0.255. The van der Waals surface area contributed by atoms with E-state index in [2.05, 4.69) is 0 Å². The van der Waals surface area contributed by atoms with Crippen molar-refractivity contribution in [3.8, 4) is 5.75 Å². The minimum absolute atomic E-state index is 0.0814. The Kier molecular flexibility index (Phi) is 4.30. The number of carboxylic acid groups (broad SMARTS) is 1. The number of benzene rings is 2. The van der Waals surface area contributed by atoms with Crippen LogP contribution in [0, 0.1) is 0 Å². The standard InChI is InChI=1S/C14H10Cl2O3/c15-11-6-10(14(17)18)7-12(16)13(11)19-8-9-4-2-1-3-5-9/h1-7H,8H2,(H,17,18)/p-1. The van der Waals surface area contributed by atoms with Crippen molar-refractivity contribution in [2.45, 2.75) is 6.61 Å². The molecule has 0 aliphatic carbocycles. The molecule has 3 nitrogen and oxygen atoms in total. The summed E-state index contributed by atoms with van der Waals surface area (Å²) < 4.78 is 5.51. The Morgan fingerprint density at radius 1 is 1.11 bits per heavy atom. The maximum Gasteiger partial charge on any atom is 0.157 e. The van der Waals surface area contributed by atoms with Crippen molar-refractivity contribution in [1.29, 1.82) is 0 Å². The molecule has 2 aromatic rings. The molecule has 0 spiro atoms. The van der Waals surface area contributed by atoms with Crippen molar-refractivity contribution in [2.24, 2.45) is 0 Å². The molecule has 2 rings (SSSR count). The molecule has 0 radical (unpaired) electrons. The first-order valence-corrected chi connectivity index (χ1v) is 6.20. The van der Waals surface area contributed by atoms with E-state index in [4.69, 9.17) is 27.9 Å². The summed E-state index contributed by atoms with van der Waals surface area (Å²) in [6, 6.07) is 12.0. The number of carbonyl (C=O) groups is 1. The van der Waals surface area contributed by atoms with E-state index in [9.17, 15) is 9.90 Å². The highest BCUT2D eigenvalue weighted by Gasteiger charge is 2.10. The molecule has 19 heavy (non-hydrogen) atoms. The molecule has 0 aliphatic heterocycles. The Balaban J connectivity index is 2.19. The molecule has 0 N–H and O–H groups in total. The number of carbonyl (C=O) groups excluding carboxylic acids is 1. The van der Waals surface area contributed by atoms with E-state index in [0.29, 0.717) is 6.61 Å². The van der Waals surface area contributed by atoms with E-state index >= 15 is 0 Å². The van der Waals surface area contributed by atoms with Gasteiger partial charge in [-0.25, -0.2) is 0 Å². The number of carboxylic acids is 1. The molecule has 0 amide bonds. The van der Waals surface area contributed by atoms with Gasteiger partial charge in [-0.3, -0.25) is 0 Å². The zero-order chi connectivity index (χ0) is 13.8. The number of hydrogen-bond donors (Lipinski definition) is 0. The molecule has 0 saturated carbocycles. The molecule has 0 fully saturated rings. The predicted molar refractivity (Wildman–Crippen MR) is 71.6 cm³/mol. The van der Waals surface area contributed by atoms with Gasteiger partial charge in [0.1, 0.15) is 6.61 Å². The van der Waals surface area contributed by atoms with Crippen molar-refractivity contribution in [3.63, 3.8) is 0 Å². The molecular formula is C14H9Cl2O3-. The molecule has 0 atom stereocenters. The van der Waals surface area contributed by atoms with Crippen LogP contribution in [0.2, 0.25) is 10.0 Å². The van der Waals surface area contributed by atoms with Crippen LogP contribution < -0.4 is 9.84 Å². The fourth-order valence-electron chi connectivity index (χ4n) is 1.55. The van der Waals surface area contributed by atoms with Crippen LogP contribution >= 0.6 is 23.2 Å². The van der Waals surface area contributed by atoms with Crippen molar-refractivity contribution in [2.75, 3.05) is 0 Å². The molecule has 98 valence electrons. The zero-order valence-corrected chi connectivity index (χ0v) is 11.2. The first kappa shape index (κ1) is 13.7.